The summed E-state index contributed by atoms with van der Waals surface area (Å²) in [4.78, 5) is 32.6. The quantitative estimate of drug-likeness (QED) is 0.932. The minimum atomic E-state index is -1.15. The van der Waals surface area contributed by atoms with Crippen molar-refractivity contribution in [2.24, 2.45) is 5.92 Å². The third-order valence-corrected chi connectivity index (χ3v) is 4.03. The van der Waals surface area contributed by atoms with Gasteiger partial charge in [-0.25, -0.2) is 14.8 Å². The molecule has 1 aliphatic heterocycles. The van der Waals surface area contributed by atoms with E-state index >= 15 is 0 Å². The lowest BCUT2D eigenvalue weighted by molar-refractivity contribution is 0.0687. The second-order valence-electron chi connectivity index (χ2n) is 5.69. The highest BCUT2D eigenvalue weighted by Gasteiger charge is 2.28. The van der Waals surface area contributed by atoms with Crippen LogP contribution >= 0.6 is 0 Å². The first-order chi connectivity index (χ1) is 11.1. The van der Waals surface area contributed by atoms with Crippen LogP contribution in [0.4, 0.5) is 0 Å². The second-order valence-corrected chi connectivity index (χ2v) is 5.69. The number of nitrogens with zero attached hydrogens (tertiary/aromatic N) is 3. The Labute approximate surface area is 133 Å². The number of aromatic carboxylic acids is 1. The van der Waals surface area contributed by atoms with Gasteiger partial charge in [0.25, 0.3) is 5.91 Å². The largest absolute Gasteiger partial charge is 0.476 e. The summed E-state index contributed by atoms with van der Waals surface area (Å²) in [5.41, 5.74) is 1.30. The molecule has 23 heavy (non-hydrogen) atoms. The van der Waals surface area contributed by atoms with E-state index in [0.717, 1.165) is 19.0 Å². The van der Waals surface area contributed by atoms with E-state index < -0.39 is 5.97 Å². The number of carboxylic acids is 1. The van der Waals surface area contributed by atoms with E-state index in [1.54, 1.807) is 4.90 Å². The summed E-state index contributed by atoms with van der Waals surface area (Å²) >= 11 is 0. The lowest BCUT2D eigenvalue weighted by Crippen LogP contribution is -2.30. The van der Waals surface area contributed by atoms with Crippen LogP contribution in [0.2, 0.25) is 0 Å². The van der Waals surface area contributed by atoms with E-state index in [9.17, 15) is 9.59 Å². The topological polar surface area (TPSA) is 83.4 Å². The van der Waals surface area contributed by atoms with E-state index in [4.69, 9.17) is 5.11 Å². The molecule has 1 atom stereocenters. The molecule has 1 amide bonds. The highest BCUT2D eigenvalue weighted by Crippen LogP contribution is 2.22. The monoisotopic (exact) mass is 311 g/mol. The van der Waals surface area contributed by atoms with Gasteiger partial charge < -0.3 is 10.0 Å². The lowest BCUT2D eigenvalue weighted by atomic mass is 9.99. The van der Waals surface area contributed by atoms with Crippen LogP contribution in [0.3, 0.4) is 0 Å². The van der Waals surface area contributed by atoms with Gasteiger partial charge in [0.15, 0.2) is 5.69 Å². The van der Waals surface area contributed by atoms with E-state index in [1.807, 2.05) is 18.2 Å². The molecule has 1 aromatic carbocycles. The van der Waals surface area contributed by atoms with E-state index in [0.29, 0.717) is 19.0 Å². The number of aromatic nitrogens is 2. The molecule has 1 aromatic heterocycles. The van der Waals surface area contributed by atoms with Gasteiger partial charge in [-0.15, -0.1) is 0 Å². The SMILES string of the molecule is O=C(O)c1cnc(C(=O)N2CCC(Cc3ccccc3)C2)cn1. The molecule has 0 bridgehead atoms. The molecule has 0 saturated carbocycles. The fraction of sp³-hybridized carbons (Fsp3) is 0.294. The summed E-state index contributed by atoms with van der Waals surface area (Å²) in [6.45, 7) is 1.38. The van der Waals surface area contributed by atoms with Gasteiger partial charge in [-0.2, -0.15) is 0 Å². The molecule has 6 nitrogen and oxygen atoms in total. The molecular formula is C17H17N3O3. The molecule has 0 radical (unpaired) electrons. The Morgan fingerprint density at radius 2 is 1.83 bits per heavy atom. The van der Waals surface area contributed by atoms with Gasteiger partial charge in [0.2, 0.25) is 0 Å². The smallest absolute Gasteiger partial charge is 0.356 e. The van der Waals surface area contributed by atoms with Gasteiger partial charge in [0.05, 0.1) is 12.4 Å². The van der Waals surface area contributed by atoms with Crippen LogP contribution in [0.5, 0.6) is 0 Å². The fourth-order valence-electron chi connectivity index (χ4n) is 2.84. The van der Waals surface area contributed by atoms with E-state index in [2.05, 4.69) is 22.1 Å². The highest BCUT2D eigenvalue weighted by atomic mass is 16.4. The zero-order chi connectivity index (χ0) is 16.2. The maximum atomic E-state index is 12.4. The standard InChI is InChI=1S/C17H17N3O3/c21-16(14-9-19-15(10-18-14)17(22)23)20-7-6-13(11-20)8-12-4-2-1-3-5-12/h1-5,9-10,13H,6-8,11H2,(H,22,23). The van der Waals surface area contributed by atoms with Gasteiger partial charge in [-0.3, -0.25) is 4.79 Å². The summed E-state index contributed by atoms with van der Waals surface area (Å²) in [7, 11) is 0. The lowest BCUT2D eigenvalue weighted by Gasteiger charge is -2.16. The first kappa shape index (κ1) is 15.1. The van der Waals surface area contributed by atoms with E-state index in [1.165, 1.54) is 11.8 Å². The molecule has 0 aliphatic carbocycles. The third-order valence-electron chi connectivity index (χ3n) is 4.03. The van der Waals surface area contributed by atoms with Gasteiger partial charge >= 0.3 is 5.97 Å². The van der Waals surface area contributed by atoms with Crippen molar-refractivity contribution in [2.45, 2.75) is 12.8 Å². The number of carbonyl (C=O) groups excluding carboxylic acids is 1. The number of likely N-dealkylation sites (tertiary alicyclic amines) is 1. The molecule has 1 unspecified atom stereocenters. The second kappa shape index (κ2) is 6.56. The Balaban J connectivity index is 1.62. The molecule has 1 fully saturated rings. The van der Waals surface area contributed by atoms with Crippen LogP contribution < -0.4 is 0 Å². The van der Waals surface area contributed by atoms with Crippen molar-refractivity contribution in [2.75, 3.05) is 13.1 Å². The first-order valence-electron chi connectivity index (χ1n) is 7.52. The third kappa shape index (κ3) is 3.53. The summed E-state index contributed by atoms with van der Waals surface area (Å²) < 4.78 is 0. The Morgan fingerprint density at radius 3 is 2.48 bits per heavy atom. The van der Waals surface area contributed by atoms with Crippen molar-refractivity contribution in [3.8, 4) is 0 Å². The average molecular weight is 311 g/mol. The minimum Gasteiger partial charge on any atom is -0.476 e. The Morgan fingerprint density at radius 1 is 1.13 bits per heavy atom. The number of carboxylic acid groups (broad SMARTS) is 1. The summed E-state index contributed by atoms with van der Waals surface area (Å²) in [5, 5.41) is 8.80. The molecule has 0 spiro atoms. The van der Waals surface area contributed by atoms with Crippen molar-refractivity contribution < 1.29 is 14.7 Å². The molecular weight excluding hydrogens is 294 g/mol. The minimum absolute atomic E-state index is 0.162. The van der Waals surface area contributed by atoms with Gasteiger partial charge in [-0.05, 0) is 24.3 Å². The van der Waals surface area contributed by atoms with Crippen LogP contribution in [0, 0.1) is 5.92 Å². The number of hydrogen-bond donors (Lipinski definition) is 1. The predicted octanol–water partition coefficient (Wildman–Crippen LogP) is 1.88. The number of rotatable bonds is 4. The number of benzene rings is 1. The molecule has 118 valence electrons. The molecule has 2 heterocycles. The van der Waals surface area contributed by atoms with Crippen LogP contribution in [-0.2, 0) is 6.42 Å². The maximum Gasteiger partial charge on any atom is 0.356 e. The molecule has 6 heteroatoms. The van der Waals surface area contributed by atoms with Crippen LogP contribution in [0.15, 0.2) is 42.7 Å². The van der Waals surface area contributed by atoms with Crippen molar-refractivity contribution >= 4 is 11.9 Å². The maximum absolute atomic E-state index is 12.4. The molecule has 2 aromatic rings. The van der Waals surface area contributed by atoms with E-state index in [-0.39, 0.29) is 17.3 Å². The van der Waals surface area contributed by atoms with Crippen molar-refractivity contribution in [1.82, 2.24) is 14.9 Å². The first-order valence-corrected chi connectivity index (χ1v) is 7.52. The Kier molecular flexibility index (Phi) is 4.32. The average Bonchev–Trinajstić information content (AvgIpc) is 3.03. The summed E-state index contributed by atoms with van der Waals surface area (Å²) in [6, 6.07) is 10.2. The van der Waals surface area contributed by atoms with Gasteiger partial charge in [-0.1, -0.05) is 30.3 Å². The molecule has 1 N–H and O–H groups in total. The fourth-order valence-corrected chi connectivity index (χ4v) is 2.84. The normalized spacial score (nSPS) is 17.2. The number of amides is 1. The highest BCUT2D eigenvalue weighted by molar-refractivity contribution is 5.93. The summed E-state index contributed by atoms with van der Waals surface area (Å²) in [6.07, 6.45) is 4.26. The Hall–Kier alpha value is -2.76. The number of carbonyl (C=O) groups is 2. The van der Waals surface area contributed by atoms with Crippen LogP contribution in [-0.4, -0.2) is 44.9 Å². The van der Waals surface area contributed by atoms with Gasteiger partial charge in [0, 0.05) is 13.1 Å². The van der Waals surface area contributed by atoms with Crippen molar-refractivity contribution in [3.63, 3.8) is 0 Å². The van der Waals surface area contributed by atoms with Crippen LogP contribution in [0.1, 0.15) is 33.0 Å². The Bertz CT molecular complexity index is 701. The zero-order valence-electron chi connectivity index (χ0n) is 12.6. The van der Waals surface area contributed by atoms with Crippen LogP contribution in [0.25, 0.3) is 0 Å². The van der Waals surface area contributed by atoms with Gasteiger partial charge in [0.1, 0.15) is 5.69 Å². The van der Waals surface area contributed by atoms with Crippen molar-refractivity contribution in [3.05, 3.63) is 59.7 Å². The molecule has 3 rings (SSSR count). The predicted molar refractivity (Wildman–Crippen MR) is 83.1 cm³/mol. The zero-order valence-corrected chi connectivity index (χ0v) is 12.6. The molecule has 1 saturated heterocycles. The molecule has 1 aliphatic rings. The number of hydrogen-bond acceptors (Lipinski definition) is 4. The summed E-state index contributed by atoms with van der Waals surface area (Å²) in [5.74, 6) is -0.904. The van der Waals surface area contributed by atoms with Crippen molar-refractivity contribution in [1.29, 1.82) is 0 Å².